The third-order valence-electron chi connectivity index (χ3n) is 3.28. The van der Waals surface area contributed by atoms with E-state index < -0.39 is 11.5 Å². The molecule has 1 aliphatic rings. The molecule has 0 aliphatic heterocycles. The van der Waals surface area contributed by atoms with Crippen LogP contribution in [0.25, 0.3) is 0 Å². The predicted octanol–water partition coefficient (Wildman–Crippen LogP) is 1.44. The third-order valence-corrected chi connectivity index (χ3v) is 3.28. The Morgan fingerprint density at radius 3 is 2.93 bits per heavy atom. The monoisotopic (exact) mass is 196 g/mol. The van der Waals surface area contributed by atoms with Crippen molar-refractivity contribution < 1.29 is 14.6 Å². The summed E-state index contributed by atoms with van der Waals surface area (Å²) in [6.07, 6.45) is 4.74. The summed E-state index contributed by atoms with van der Waals surface area (Å²) in [4.78, 5) is 0. The summed E-state index contributed by atoms with van der Waals surface area (Å²) in [7, 11) is 0. The van der Waals surface area contributed by atoms with Crippen molar-refractivity contribution in [3.8, 4) is 0 Å². The van der Waals surface area contributed by atoms with Gasteiger partial charge in [0.15, 0.2) is 0 Å². The molecule has 1 heterocycles. The van der Waals surface area contributed by atoms with Gasteiger partial charge in [0.1, 0.15) is 5.76 Å². The maximum Gasteiger partial charge on any atom is 0.114 e. The van der Waals surface area contributed by atoms with Crippen molar-refractivity contribution in [3.63, 3.8) is 0 Å². The minimum Gasteiger partial charge on any atom is -0.469 e. The van der Waals surface area contributed by atoms with E-state index in [1.54, 1.807) is 12.3 Å². The van der Waals surface area contributed by atoms with Crippen LogP contribution in [-0.4, -0.2) is 22.9 Å². The van der Waals surface area contributed by atoms with Gasteiger partial charge in [-0.2, -0.15) is 0 Å². The number of aliphatic hydroxyl groups excluding tert-OH is 2. The number of hydrogen-bond acceptors (Lipinski definition) is 3. The summed E-state index contributed by atoms with van der Waals surface area (Å²) >= 11 is 0. The van der Waals surface area contributed by atoms with Crippen molar-refractivity contribution in [3.05, 3.63) is 24.2 Å². The Labute approximate surface area is 83.4 Å². The largest absolute Gasteiger partial charge is 0.469 e. The summed E-state index contributed by atoms with van der Waals surface area (Å²) < 4.78 is 5.32. The number of hydrogen-bond donors (Lipinski definition) is 2. The zero-order valence-corrected chi connectivity index (χ0v) is 8.15. The average Bonchev–Trinajstić information content (AvgIpc) is 2.72. The minimum absolute atomic E-state index is 0.0400. The van der Waals surface area contributed by atoms with Gasteiger partial charge in [0.2, 0.25) is 0 Å². The van der Waals surface area contributed by atoms with Gasteiger partial charge in [-0.05, 0) is 25.0 Å². The highest BCUT2D eigenvalue weighted by atomic mass is 16.3. The first kappa shape index (κ1) is 9.74. The highest BCUT2D eigenvalue weighted by Crippen LogP contribution is 2.39. The van der Waals surface area contributed by atoms with Crippen molar-refractivity contribution in [2.75, 3.05) is 6.61 Å². The molecule has 2 rings (SSSR count). The second-order valence-electron chi connectivity index (χ2n) is 4.05. The smallest absolute Gasteiger partial charge is 0.114 e. The molecule has 1 saturated carbocycles. The summed E-state index contributed by atoms with van der Waals surface area (Å²) in [6.45, 7) is -0.0400. The summed E-state index contributed by atoms with van der Waals surface area (Å²) in [6, 6.07) is 3.64. The van der Waals surface area contributed by atoms with E-state index in [0.717, 1.165) is 25.7 Å². The Morgan fingerprint density at radius 1 is 1.50 bits per heavy atom. The highest BCUT2D eigenvalue weighted by Gasteiger charge is 2.43. The van der Waals surface area contributed by atoms with Gasteiger partial charge < -0.3 is 14.6 Å². The molecule has 0 aromatic carbocycles. The Bertz CT molecular complexity index is 281. The Hall–Kier alpha value is -0.800. The maximum absolute atomic E-state index is 9.97. The fourth-order valence-electron chi connectivity index (χ4n) is 2.33. The topological polar surface area (TPSA) is 53.6 Å². The summed E-state index contributed by atoms with van der Waals surface area (Å²) in [5.41, 5.74) is -0.554. The molecule has 1 aromatic heterocycles. The van der Waals surface area contributed by atoms with Crippen LogP contribution in [0.2, 0.25) is 0 Å². The number of aliphatic hydroxyl groups is 2. The van der Waals surface area contributed by atoms with Crippen LogP contribution in [0.4, 0.5) is 0 Å². The molecule has 0 radical (unpaired) electrons. The molecule has 0 bridgehead atoms. The Morgan fingerprint density at radius 2 is 2.36 bits per heavy atom. The van der Waals surface area contributed by atoms with Crippen LogP contribution in [0, 0.1) is 0 Å². The molecule has 1 fully saturated rings. The van der Waals surface area contributed by atoms with E-state index in [0.29, 0.717) is 5.76 Å². The second-order valence-corrected chi connectivity index (χ2v) is 4.05. The lowest BCUT2D eigenvalue weighted by Gasteiger charge is -2.38. The molecule has 0 unspecified atom stereocenters. The lowest BCUT2D eigenvalue weighted by Crippen LogP contribution is -2.45. The quantitative estimate of drug-likeness (QED) is 0.752. The molecule has 2 atom stereocenters. The molecule has 1 aromatic rings. The molecular weight excluding hydrogens is 180 g/mol. The Kier molecular flexibility index (Phi) is 2.61. The van der Waals surface area contributed by atoms with Crippen LogP contribution in [-0.2, 0) is 5.41 Å². The molecule has 0 saturated heterocycles. The molecule has 78 valence electrons. The van der Waals surface area contributed by atoms with Crippen molar-refractivity contribution in [2.45, 2.75) is 37.2 Å². The second kappa shape index (κ2) is 3.75. The molecule has 0 amide bonds. The predicted molar refractivity (Wildman–Crippen MR) is 51.9 cm³/mol. The zero-order chi connectivity index (χ0) is 10.0. The van der Waals surface area contributed by atoms with Crippen molar-refractivity contribution in [2.24, 2.45) is 0 Å². The highest BCUT2D eigenvalue weighted by molar-refractivity contribution is 5.18. The van der Waals surface area contributed by atoms with Crippen LogP contribution in [0.5, 0.6) is 0 Å². The van der Waals surface area contributed by atoms with Gasteiger partial charge in [-0.3, -0.25) is 0 Å². The van der Waals surface area contributed by atoms with Crippen LogP contribution in [0.15, 0.2) is 22.8 Å². The normalized spacial score (nSPS) is 33.1. The van der Waals surface area contributed by atoms with E-state index in [-0.39, 0.29) is 6.61 Å². The van der Waals surface area contributed by atoms with Gasteiger partial charge in [0, 0.05) is 0 Å². The molecule has 3 heteroatoms. The lowest BCUT2D eigenvalue weighted by molar-refractivity contribution is -0.00522. The zero-order valence-electron chi connectivity index (χ0n) is 8.15. The van der Waals surface area contributed by atoms with Gasteiger partial charge in [-0.25, -0.2) is 0 Å². The van der Waals surface area contributed by atoms with Gasteiger partial charge >= 0.3 is 0 Å². The van der Waals surface area contributed by atoms with E-state index in [1.165, 1.54) is 0 Å². The fourth-order valence-corrected chi connectivity index (χ4v) is 2.33. The number of rotatable bonds is 2. The summed E-state index contributed by atoms with van der Waals surface area (Å²) in [5.74, 6) is 0.715. The van der Waals surface area contributed by atoms with E-state index >= 15 is 0 Å². The van der Waals surface area contributed by atoms with E-state index in [4.69, 9.17) is 4.42 Å². The molecule has 14 heavy (non-hydrogen) atoms. The average molecular weight is 196 g/mol. The van der Waals surface area contributed by atoms with Crippen molar-refractivity contribution >= 4 is 0 Å². The van der Waals surface area contributed by atoms with Crippen molar-refractivity contribution in [1.82, 2.24) is 0 Å². The SMILES string of the molecule is OC[C@@]1(c2ccco2)CCCC[C@H]1O. The lowest BCUT2D eigenvalue weighted by atomic mass is 9.71. The number of furan rings is 1. The van der Waals surface area contributed by atoms with Gasteiger partial charge in [-0.15, -0.1) is 0 Å². The van der Waals surface area contributed by atoms with E-state index in [1.807, 2.05) is 6.07 Å². The van der Waals surface area contributed by atoms with Gasteiger partial charge in [0.05, 0.1) is 24.4 Å². The van der Waals surface area contributed by atoms with Gasteiger partial charge in [-0.1, -0.05) is 12.8 Å². The molecular formula is C11H16O3. The van der Waals surface area contributed by atoms with E-state index in [9.17, 15) is 10.2 Å². The van der Waals surface area contributed by atoms with E-state index in [2.05, 4.69) is 0 Å². The first-order valence-electron chi connectivity index (χ1n) is 5.12. The van der Waals surface area contributed by atoms with Gasteiger partial charge in [0.25, 0.3) is 0 Å². The van der Waals surface area contributed by atoms with Crippen molar-refractivity contribution in [1.29, 1.82) is 0 Å². The van der Waals surface area contributed by atoms with Crippen LogP contribution in [0.3, 0.4) is 0 Å². The van der Waals surface area contributed by atoms with Crippen LogP contribution >= 0.6 is 0 Å². The third kappa shape index (κ3) is 1.37. The van der Waals surface area contributed by atoms with Crippen LogP contribution in [0.1, 0.15) is 31.4 Å². The molecule has 0 spiro atoms. The Balaban J connectivity index is 2.32. The molecule has 2 N–H and O–H groups in total. The summed E-state index contributed by atoms with van der Waals surface area (Å²) in [5, 5.41) is 19.4. The molecule has 3 nitrogen and oxygen atoms in total. The maximum atomic E-state index is 9.97. The fraction of sp³-hybridized carbons (Fsp3) is 0.636. The first-order valence-corrected chi connectivity index (χ1v) is 5.12. The first-order chi connectivity index (χ1) is 6.79. The molecule has 1 aliphatic carbocycles. The minimum atomic E-state index is -0.554. The van der Waals surface area contributed by atoms with Crippen LogP contribution < -0.4 is 0 Å². The standard InChI is InChI=1S/C11H16O3/c12-8-11(10-5-3-7-14-10)6-2-1-4-9(11)13/h3,5,7,9,12-13H,1-2,4,6,8H2/t9-,11+/m1/s1.